The monoisotopic (exact) mass is 416 g/mol. The quantitative estimate of drug-likeness (QED) is 0.624. The maximum Gasteiger partial charge on any atom is 0.338 e. The average Bonchev–Trinajstić information content (AvgIpc) is 3.45. The molecule has 0 bridgehead atoms. The van der Waals surface area contributed by atoms with Crippen molar-refractivity contribution in [2.75, 3.05) is 19.7 Å². The second kappa shape index (κ2) is 9.03. The van der Waals surface area contributed by atoms with Gasteiger partial charge in [0.15, 0.2) is 6.61 Å². The molecule has 1 saturated carbocycles. The van der Waals surface area contributed by atoms with Gasteiger partial charge in [-0.25, -0.2) is 13.2 Å². The van der Waals surface area contributed by atoms with E-state index in [2.05, 4.69) is 5.32 Å². The number of nitrogens with zero attached hydrogens (tertiary/aromatic N) is 1. The van der Waals surface area contributed by atoms with Gasteiger partial charge in [0.1, 0.15) is 4.90 Å². The number of esters is 1. The highest BCUT2D eigenvalue weighted by Gasteiger charge is 2.29. The van der Waals surface area contributed by atoms with Gasteiger partial charge < -0.3 is 10.1 Å². The number of halogens is 1. The molecule has 1 fully saturated rings. The Morgan fingerprint density at radius 2 is 1.93 bits per heavy atom. The van der Waals surface area contributed by atoms with Crippen molar-refractivity contribution in [2.24, 2.45) is 5.92 Å². The minimum absolute atomic E-state index is 0.0215. The number of sulfonamides is 1. The summed E-state index contributed by atoms with van der Waals surface area (Å²) in [4.78, 5) is 23.9. The Bertz CT molecular complexity index is 804. The lowest BCUT2D eigenvalue weighted by Crippen LogP contribution is -2.37. The Hall–Kier alpha value is -1.64. The molecule has 1 N–H and O–H groups in total. The van der Waals surface area contributed by atoms with Crippen molar-refractivity contribution in [3.63, 3.8) is 0 Å². The molecule has 0 radical (unpaired) electrons. The Morgan fingerprint density at radius 1 is 1.30 bits per heavy atom. The zero-order chi connectivity index (χ0) is 20.2. The molecule has 0 aromatic heterocycles. The first kappa shape index (κ1) is 21.7. The largest absolute Gasteiger partial charge is 0.452 e. The zero-order valence-electron chi connectivity index (χ0n) is 15.7. The predicted molar refractivity (Wildman–Crippen MR) is 102 cm³/mol. The summed E-state index contributed by atoms with van der Waals surface area (Å²) >= 11 is 6.04. The van der Waals surface area contributed by atoms with E-state index < -0.39 is 22.6 Å². The van der Waals surface area contributed by atoms with Gasteiger partial charge in [-0.3, -0.25) is 4.79 Å². The van der Waals surface area contributed by atoms with Crippen molar-refractivity contribution >= 4 is 33.5 Å². The first-order valence-corrected chi connectivity index (χ1v) is 10.8. The summed E-state index contributed by atoms with van der Waals surface area (Å²) in [7, 11) is -3.82. The Kier molecular flexibility index (Phi) is 7.25. The van der Waals surface area contributed by atoms with Gasteiger partial charge in [-0.1, -0.05) is 25.4 Å². The fourth-order valence-corrected chi connectivity index (χ4v) is 4.71. The molecule has 1 atom stereocenters. The smallest absolute Gasteiger partial charge is 0.338 e. The molecule has 1 aromatic carbocycles. The highest BCUT2D eigenvalue weighted by Crippen LogP contribution is 2.32. The lowest BCUT2D eigenvalue weighted by molar-refractivity contribution is -0.124. The first-order chi connectivity index (χ1) is 12.7. The summed E-state index contributed by atoms with van der Waals surface area (Å²) in [5.41, 5.74) is 0.0215. The summed E-state index contributed by atoms with van der Waals surface area (Å²) in [5, 5.41) is 2.81. The molecule has 1 aromatic rings. The van der Waals surface area contributed by atoms with Crippen LogP contribution < -0.4 is 5.32 Å². The van der Waals surface area contributed by atoms with E-state index in [-0.39, 0.29) is 40.5 Å². The number of rotatable bonds is 9. The summed E-state index contributed by atoms with van der Waals surface area (Å²) in [6.07, 6.45) is 2.19. The van der Waals surface area contributed by atoms with Crippen LogP contribution in [0.25, 0.3) is 0 Å². The number of carbonyl (C=O) groups excluding carboxylic acids is 2. The van der Waals surface area contributed by atoms with E-state index in [0.29, 0.717) is 5.92 Å². The fourth-order valence-electron chi connectivity index (χ4n) is 2.75. The van der Waals surface area contributed by atoms with Crippen molar-refractivity contribution in [3.05, 3.63) is 28.8 Å². The average molecular weight is 417 g/mol. The van der Waals surface area contributed by atoms with Crippen molar-refractivity contribution in [1.82, 2.24) is 9.62 Å². The molecular formula is C18H25ClN2O5S. The van der Waals surface area contributed by atoms with E-state index in [4.69, 9.17) is 16.3 Å². The van der Waals surface area contributed by atoms with Crippen LogP contribution in [0, 0.1) is 5.92 Å². The fraction of sp³-hybridized carbons (Fsp3) is 0.556. The van der Waals surface area contributed by atoms with Crippen LogP contribution in [0.3, 0.4) is 0 Å². The van der Waals surface area contributed by atoms with Gasteiger partial charge in [0.25, 0.3) is 5.91 Å². The number of benzene rings is 1. The van der Waals surface area contributed by atoms with Gasteiger partial charge in [-0.2, -0.15) is 4.31 Å². The minimum atomic E-state index is -3.82. The SMILES string of the molecule is CCN(CC)S(=O)(=O)c1cc(C(=O)OCC(=O)N[C@H](C)C2CC2)ccc1Cl. The molecule has 27 heavy (non-hydrogen) atoms. The third-order valence-corrected chi connectivity index (χ3v) is 7.07. The summed E-state index contributed by atoms with van der Waals surface area (Å²) < 4.78 is 31.6. The molecule has 1 aliphatic rings. The van der Waals surface area contributed by atoms with Gasteiger partial charge in [0.2, 0.25) is 10.0 Å². The molecule has 0 aliphatic heterocycles. The molecule has 150 valence electrons. The lowest BCUT2D eigenvalue weighted by Gasteiger charge is -2.19. The molecule has 7 nitrogen and oxygen atoms in total. The Labute approximate surface area is 165 Å². The van der Waals surface area contributed by atoms with Crippen molar-refractivity contribution in [1.29, 1.82) is 0 Å². The van der Waals surface area contributed by atoms with Crippen LogP contribution in [0.1, 0.15) is 44.0 Å². The summed E-state index contributed by atoms with van der Waals surface area (Å²) in [6.45, 7) is 5.49. The molecular weight excluding hydrogens is 392 g/mol. The molecule has 2 rings (SSSR count). The van der Waals surface area contributed by atoms with Gasteiger partial charge in [-0.05, 0) is 43.9 Å². The topological polar surface area (TPSA) is 92.8 Å². The van der Waals surface area contributed by atoms with Crippen molar-refractivity contribution in [2.45, 2.75) is 44.6 Å². The Morgan fingerprint density at radius 3 is 2.48 bits per heavy atom. The molecule has 0 saturated heterocycles. The highest BCUT2D eigenvalue weighted by atomic mass is 35.5. The van der Waals surface area contributed by atoms with Gasteiger partial charge >= 0.3 is 5.97 Å². The van der Waals surface area contributed by atoms with Crippen LogP contribution in [-0.4, -0.2) is 50.3 Å². The van der Waals surface area contributed by atoms with Gasteiger partial charge in [-0.15, -0.1) is 0 Å². The van der Waals surface area contributed by atoms with Crippen LogP contribution in [0.5, 0.6) is 0 Å². The van der Waals surface area contributed by atoms with Crippen LogP contribution in [0.15, 0.2) is 23.1 Å². The summed E-state index contributed by atoms with van der Waals surface area (Å²) in [6, 6.07) is 3.95. The highest BCUT2D eigenvalue weighted by molar-refractivity contribution is 7.89. The predicted octanol–water partition coefficient (Wildman–Crippen LogP) is 2.44. The number of carbonyl (C=O) groups is 2. The second-order valence-corrected chi connectivity index (χ2v) is 8.82. The summed E-state index contributed by atoms with van der Waals surface area (Å²) in [5.74, 6) is -0.668. The number of nitrogens with one attached hydrogen (secondary N) is 1. The maximum atomic E-state index is 12.7. The molecule has 0 unspecified atom stereocenters. The van der Waals surface area contributed by atoms with Gasteiger partial charge in [0.05, 0.1) is 10.6 Å². The van der Waals surface area contributed by atoms with Crippen LogP contribution in [0.2, 0.25) is 5.02 Å². The van der Waals surface area contributed by atoms with E-state index in [1.807, 2.05) is 6.92 Å². The maximum absolute atomic E-state index is 12.7. The molecule has 1 amide bonds. The normalized spacial score (nSPS) is 15.4. The van der Waals surface area contributed by atoms with Crippen LogP contribution in [0.4, 0.5) is 0 Å². The van der Waals surface area contributed by atoms with E-state index >= 15 is 0 Å². The standard InChI is InChI=1S/C18H25ClN2O5S/c1-4-21(5-2)27(24,25)16-10-14(8-9-15(16)19)18(23)26-11-17(22)20-12(3)13-6-7-13/h8-10,12-13H,4-7,11H2,1-3H3,(H,20,22)/t12-/m1/s1. The minimum Gasteiger partial charge on any atom is -0.452 e. The molecule has 9 heteroatoms. The van der Waals surface area contributed by atoms with Crippen LogP contribution >= 0.6 is 11.6 Å². The van der Waals surface area contributed by atoms with Crippen LogP contribution in [-0.2, 0) is 19.6 Å². The Balaban J connectivity index is 2.07. The number of hydrogen-bond acceptors (Lipinski definition) is 5. The van der Waals surface area contributed by atoms with Crippen molar-refractivity contribution in [3.8, 4) is 0 Å². The van der Waals surface area contributed by atoms with E-state index in [9.17, 15) is 18.0 Å². The number of ether oxygens (including phenoxy) is 1. The first-order valence-electron chi connectivity index (χ1n) is 8.96. The third kappa shape index (κ3) is 5.43. The van der Waals surface area contributed by atoms with Crippen molar-refractivity contribution < 1.29 is 22.7 Å². The van der Waals surface area contributed by atoms with E-state index in [0.717, 1.165) is 12.8 Å². The lowest BCUT2D eigenvalue weighted by atomic mass is 10.2. The number of hydrogen-bond donors (Lipinski definition) is 1. The van der Waals surface area contributed by atoms with E-state index in [1.165, 1.54) is 22.5 Å². The second-order valence-electron chi connectivity index (χ2n) is 6.50. The van der Waals surface area contributed by atoms with Gasteiger partial charge in [0, 0.05) is 19.1 Å². The third-order valence-electron chi connectivity index (χ3n) is 4.54. The molecule has 1 aliphatic carbocycles. The van der Waals surface area contributed by atoms with E-state index in [1.54, 1.807) is 13.8 Å². The zero-order valence-corrected chi connectivity index (χ0v) is 17.3. The molecule has 0 spiro atoms. The number of amides is 1. The molecule has 0 heterocycles.